The Hall–Kier alpha value is -3.14. The van der Waals surface area contributed by atoms with Crippen LogP contribution in [0.15, 0.2) is 28.7 Å². The third-order valence-electron chi connectivity index (χ3n) is 6.51. The highest BCUT2D eigenvalue weighted by atomic mass is 16.6. The van der Waals surface area contributed by atoms with E-state index in [2.05, 4.69) is 20.8 Å². The van der Waals surface area contributed by atoms with Crippen LogP contribution in [0.1, 0.15) is 124 Å². The van der Waals surface area contributed by atoms with E-state index in [1.165, 1.54) is 0 Å². The molecule has 2 atom stereocenters. The molecule has 1 saturated carbocycles. The van der Waals surface area contributed by atoms with Crippen LogP contribution in [0.25, 0.3) is 0 Å². The molecular formula is C32H50N4O6. The van der Waals surface area contributed by atoms with Gasteiger partial charge in [-0.1, -0.05) is 31.4 Å². The zero-order valence-electron chi connectivity index (χ0n) is 26.8. The second-order valence-electron chi connectivity index (χ2n) is 14.1. The van der Waals surface area contributed by atoms with E-state index in [4.69, 9.17) is 18.6 Å². The lowest BCUT2D eigenvalue weighted by molar-refractivity contribution is -0.128. The summed E-state index contributed by atoms with van der Waals surface area (Å²) in [6.45, 7) is 17.4. The average molecular weight is 587 g/mol. The maximum atomic E-state index is 13.1. The molecule has 42 heavy (non-hydrogen) atoms. The summed E-state index contributed by atoms with van der Waals surface area (Å²) in [4.78, 5) is 25.9. The van der Waals surface area contributed by atoms with Gasteiger partial charge in [0, 0.05) is 12.3 Å². The van der Waals surface area contributed by atoms with Crippen molar-refractivity contribution in [1.29, 1.82) is 0 Å². The Morgan fingerprint density at radius 1 is 0.833 bits per heavy atom. The van der Waals surface area contributed by atoms with Gasteiger partial charge in [0.15, 0.2) is 0 Å². The van der Waals surface area contributed by atoms with Crippen molar-refractivity contribution in [3.05, 3.63) is 41.6 Å². The van der Waals surface area contributed by atoms with Crippen molar-refractivity contribution in [2.24, 2.45) is 5.92 Å². The molecule has 0 bridgehead atoms. The predicted molar refractivity (Wildman–Crippen MR) is 160 cm³/mol. The fourth-order valence-electron chi connectivity index (χ4n) is 4.62. The van der Waals surface area contributed by atoms with Gasteiger partial charge in [-0.15, -0.1) is 10.2 Å². The smallest absolute Gasteiger partial charge is 0.408 e. The third kappa shape index (κ3) is 11.6. The van der Waals surface area contributed by atoms with E-state index in [1.54, 1.807) is 20.8 Å². The zero-order chi connectivity index (χ0) is 31.1. The molecule has 2 amide bonds. The van der Waals surface area contributed by atoms with Gasteiger partial charge in [0.2, 0.25) is 17.7 Å². The second-order valence-corrected chi connectivity index (χ2v) is 14.1. The van der Waals surface area contributed by atoms with Crippen molar-refractivity contribution in [1.82, 2.24) is 20.8 Å². The SMILES string of the molecule is CC(C)(C)OC[C@H](NC(=O)C1CCCCC1)c1nnc([C@H](Cc2ccc(OC(C)(C)C)cc2)NC(=O)OC(C)(C)C)o1. The summed E-state index contributed by atoms with van der Waals surface area (Å²) in [7, 11) is 0. The molecule has 2 N–H and O–H groups in total. The molecule has 1 aliphatic rings. The molecule has 10 nitrogen and oxygen atoms in total. The molecule has 1 fully saturated rings. The predicted octanol–water partition coefficient (Wildman–Crippen LogP) is 6.61. The first-order valence-electron chi connectivity index (χ1n) is 15.0. The summed E-state index contributed by atoms with van der Waals surface area (Å²) in [6, 6.07) is 6.36. The van der Waals surface area contributed by atoms with Crippen molar-refractivity contribution in [3.63, 3.8) is 0 Å². The lowest BCUT2D eigenvalue weighted by atomic mass is 9.88. The Kier molecular flexibility index (Phi) is 11.0. The second kappa shape index (κ2) is 13.9. The molecule has 3 rings (SSSR count). The Morgan fingerprint density at radius 2 is 1.43 bits per heavy atom. The molecular weight excluding hydrogens is 536 g/mol. The van der Waals surface area contributed by atoms with Gasteiger partial charge in [0.1, 0.15) is 29.0 Å². The Balaban J connectivity index is 1.84. The van der Waals surface area contributed by atoms with Gasteiger partial charge >= 0.3 is 6.09 Å². The van der Waals surface area contributed by atoms with Gasteiger partial charge in [-0.3, -0.25) is 4.79 Å². The summed E-state index contributed by atoms with van der Waals surface area (Å²) >= 11 is 0. The summed E-state index contributed by atoms with van der Waals surface area (Å²) in [5.41, 5.74) is -0.503. The van der Waals surface area contributed by atoms with E-state index >= 15 is 0 Å². The van der Waals surface area contributed by atoms with Crippen LogP contribution >= 0.6 is 0 Å². The van der Waals surface area contributed by atoms with Crippen LogP contribution in [-0.4, -0.2) is 45.6 Å². The van der Waals surface area contributed by atoms with Crippen LogP contribution in [0.2, 0.25) is 0 Å². The first-order chi connectivity index (χ1) is 19.5. The average Bonchev–Trinajstić information content (AvgIpc) is 3.35. The number of nitrogens with zero attached hydrogens (tertiary/aromatic N) is 2. The fraction of sp³-hybridized carbons (Fsp3) is 0.688. The molecule has 0 aliphatic heterocycles. The van der Waals surface area contributed by atoms with Crippen LogP contribution in [0, 0.1) is 5.92 Å². The number of alkyl carbamates (subject to hydrolysis) is 1. The maximum absolute atomic E-state index is 13.1. The molecule has 0 spiro atoms. The van der Waals surface area contributed by atoms with E-state index < -0.39 is 29.4 Å². The normalized spacial score (nSPS) is 16.4. The van der Waals surface area contributed by atoms with Crippen LogP contribution < -0.4 is 15.4 Å². The van der Waals surface area contributed by atoms with Gasteiger partial charge < -0.3 is 29.3 Å². The van der Waals surface area contributed by atoms with E-state index in [0.29, 0.717) is 6.42 Å². The number of ether oxygens (including phenoxy) is 3. The summed E-state index contributed by atoms with van der Waals surface area (Å²) in [6.07, 6.45) is 4.77. The number of nitrogens with one attached hydrogen (secondary N) is 2. The molecule has 2 aromatic rings. The van der Waals surface area contributed by atoms with E-state index in [9.17, 15) is 9.59 Å². The number of carbonyl (C=O) groups excluding carboxylic acids is 2. The van der Waals surface area contributed by atoms with Crippen molar-refractivity contribution >= 4 is 12.0 Å². The van der Waals surface area contributed by atoms with Gasteiger partial charge in [-0.05, 0) is 92.9 Å². The maximum Gasteiger partial charge on any atom is 0.408 e. The Morgan fingerprint density at radius 3 is 1.98 bits per heavy atom. The van der Waals surface area contributed by atoms with Gasteiger partial charge in [-0.2, -0.15) is 0 Å². The highest BCUT2D eigenvalue weighted by Gasteiger charge is 2.31. The summed E-state index contributed by atoms with van der Waals surface area (Å²) in [5.74, 6) is 1.11. The van der Waals surface area contributed by atoms with Gasteiger partial charge in [0.05, 0.1) is 12.2 Å². The molecule has 0 radical (unpaired) electrons. The number of hydrogen-bond donors (Lipinski definition) is 2. The number of aromatic nitrogens is 2. The lowest BCUT2D eigenvalue weighted by Crippen LogP contribution is -2.38. The largest absolute Gasteiger partial charge is 0.488 e. The number of hydrogen-bond acceptors (Lipinski definition) is 8. The van der Waals surface area contributed by atoms with Crippen LogP contribution in [-0.2, 0) is 20.7 Å². The van der Waals surface area contributed by atoms with Gasteiger partial charge in [0.25, 0.3) is 0 Å². The fourth-order valence-corrected chi connectivity index (χ4v) is 4.62. The van der Waals surface area contributed by atoms with Crippen LogP contribution in [0.4, 0.5) is 4.79 Å². The van der Waals surface area contributed by atoms with Crippen LogP contribution in [0.3, 0.4) is 0 Å². The minimum absolute atomic E-state index is 0.0297. The van der Waals surface area contributed by atoms with Crippen molar-refractivity contribution in [2.75, 3.05) is 6.61 Å². The topological polar surface area (TPSA) is 125 Å². The first-order valence-corrected chi connectivity index (χ1v) is 15.0. The number of carbonyl (C=O) groups is 2. The quantitative estimate of drug-likeness (QED) is 0.319. The highest BCUT2D eigenvalue weighted by Crippen LogP contribution is 2.27. The number of rotatable bonds is 10. The zero-order valence-corrected chi connectivity index (χ0v) is 26.8. The summed E-state index contributed by atoms with van der Waals surface area (Å²) in [5, 5.41) is 14.6. The molecule has 1 aliphatic carbocycles. The standard InChI is InChI=1S/C32H50N4O6/c1-30(2,3)39-20-25(33-26(37)22-13-11-10-12-14-22)28-36-35-27(40-28)24(34-29(38)42-32(7,8)9)19-21-15-17-23(18-16-21)41-31(4,5)6/h15-18,22,24-25H,10-14,19-20H2,1-9H3,(H,33,37)(H,34,38)/t24-,25-/m0/s1. The van der Waals surface area contributed by atoms with E-state index in [-0.39, 0.29) is 35.8 Å². The molecule has 1 aromatic heterocycles. The van der Waals surface area contributed by atoms with E-state index in [0.717, 1.165) is 43.4 Å². The van der Waals surface area contributed by atoms with Crippen molar-refractivity contribution < 1.29 is 28.2 Å². The number of benzene rings is 1. The minimum atomic E-state index is -0.681. The molecule has 10 heteroatoms. The van der Waals surface area contributed by atoms with Crippen molar-refractivity contribution in [2.45, 2.75) is 130 Å². The Bertz CT molecular complexity index is 1150. The monoisotopic (exact) mass is 586 g/mol. The molecule has 234 valence electrons. The highest BCUT2D eigenvalue weighted by molar-refractivity contribution is 5.79. The first kappa shape index (κ1) is 33.4. The number of amides is 2. The minimum Gasteiger partial charge on any atom is -0.488 e. The van der Waals surface area contributed by atoms with Gasteiger partial charge in [-0.25, -0.2) is 4.79 Å². The van der Waals surface area contributed by atoms with Crippen molar-refractivity contribution in [3.8, 4) is 5.75 Å². The molecule has 0 unspecified atom stereocenters. The third-order valence-corrected chi connectivity index (χ3v) is 6.51. The Labute approximate surface area is 250 Å². The molecule has 1 heterocycles. The summed E-state index contributed by atoms with van der Waals surface area (Å²) < 4.78 is 23.6. The molecule has 0 saturated heterocycles. The van der Waals surface area contributed by atoms with Crippen LogP contribution in [0.5, 0.6) is 5.75 Å². The lowest BCUT2D eigenvalue weighted by Gasteiger charge is -2.26. The van der Waals surface area contributed by atoms with E-state index in [1.807, 2.05) is 65.8 Å². The molecule has 1 aromatic carbocycles.